The number of halogens is 7. The maximum Gasteiger partial charge on any atom is 0.490 e. The van der Waals surface area contributed by atoms with Gasteiger partial charge in [0.25, 0.3) is 5.91 Å². The molecule has 0 bridgehead atoms. The van der Waals surface area contributed by atoms with Crippen LogP contribution < -0.4 is 10.1 Å². The van der Waals surface area contributed by atoms with Crippen molar-refractivity contribution >= 4 is 61.9 Å². The predicted molar refractivity (Wildman–Crippen MR) is 140 cm³/mol. The van der Waals surface area contributed by atoms with Gasteiger partial charge in [-0.05, 0) is 52.3 Å². The normalized spacial score (nSPS) is 10.8. The van der Waals surface area contributed by atoms with E-state index in [1.165, 1.54) is 42.5 Å². The van der Waals surface area contributed by atoms with Gasteiger partial charge in [0, 0.05) is 28.6 Å². The van der Waals surface area contributed by atoms with E-state index in [4.69, 9.17) is 43.1 Å². The lowest BCUT2D eigenvalue weighted by Crippen LogP contribution is -2.24. The summed E-state index contributed by atoms with van der Waals surface area (Å²) in [4.78, 5) is 24.5. The maximum atomic E-state index is 15.1. The number of carbonyl (C=O) groups is 2. The molecule has 0 aliphatic carbocycles. The van der Waals surface area contributed by atoms with E-state index < -0.39 is 23.9 Å². The summed E-state index contributed by atoms with van der Waals surface area (Å²) in [5.41, 5.74) is 1.17. The van der Waals surface area contributed by atoms with Gasteiger partial charge < -0.3 is 25.3 Å². The summed E-state index contributed by atoms with van der Waals surface area (Å²) in [5, 5.41) is 29.5. The van der Waals surface area contributed by atoms with Crippen LogP contribution in [0.4, 0.5) is 17.6 Å². The van der Waals surface area contributed by atoms with Crippen molar-refractivity contribution in [1.29, 1.82) is 5.26 Å². The molecule has 0 spiro atoms. The minimum absolute atomic E-state index is 0.0132. The molecule has 4 N–H and O–H groups in total. The first kappa shape index (κ1) is 30.6. The SMILES string of the molecule is N#Cc1cc(Cl)cc(Oc2c(Cl)ccc(CNC(=O)c3[nH]c4cc(O)ccc4c3Br)c2F)c1.O=C(O)C(F)(F)F. The summed E-state index contributed by atoms with van der Waals surface area (Å²) >= 11 is 15.5. The second kappa shape index (κ2) is 12.5. The molecule has 0 saturated carbocycles. The number of aromatic amines is 1. The van der Waals surface area contributed by atoms with E-state index in [2.05, 4.69) is 26.2 Å². The first-order valence-corrected chi connectivity index (χ1v) is 12.2. The van der Waals surface area contributed by atoms with Crippen LogP contribution in [-0.2, 0) is 11.3 Å². The molecule has 208 valence electrons. The van der Waals surface area contributed by atoms with E-state index in [1.807, 2.05) is 6.07 Å². The second-order valence-corrected chi connectivity index (χ2v) is 9.41. The van der Waals surface area contributed by atoms with Gasteiger partial charge in [-0.25, -0.2) is 9.18 Å². The largest absolute Gasteiger partial charge is 0.508 e. The van der Waals surface area contributed by atoms with Crippen molar-refractivity contribution in [2.75, 3.05) is 0 Å². The average Bonchev–Trinajstić information content (AvgIpc) is 3.20. The van der Waals surface area contributed by atoms with Gasteiger partial charge in [0.05, 0.1) is 26.6 Å². The van der Waals surface area contributed by atoms with Crippen molar-refractivity contribution in [3.8, 4) is 23.3 Å². The molecule has 40 heavy (non-hydrogen) atoms. The number of fused-ring (bicyclic) bond motifs is 1. The number of carboxylic acid groups (broad SMARTS) is 1. The number of aliphatic carboxylic acids is 1. The molecule has 1 amide bonds. The number of H-pyrrole nitrogens is 1. The zero-order valence-corrected chi connectivity index (χ0v) is 22.6. The molecule has 3 aromatic carbocycles. The lowest BCUT2D eigenvalue weighted by molar-refractivity contribution is -0.192. The van der Waals surface area contributed by atoms with Crippen LogP contribution in [0.25, 0.3) is 10.9 Å². The maximum absolute atomic E-state index is 15.1. The van der Waals surface area contributed by atoms with E-state index in [-0.39, 0.29) is 50.7 Å². The van der Waals surface area contributed by atoms with Crippen LogP contribution in [0.1, 0.15) is 21.6 Å². The number of carbonyl (C=O) groups excluding carboxylic acids is 1. The van der Waals surface area contributed by atoms with Crippen LogP contribution in [0.15, 0.2) is 53.0 Å². The van der Waals surface area contributed by atoms with Crippen LogP contribution in [0.3, 0.4) is 0 Å². The van der Waals surface area contributed by atoms with Crippen LogP contribution >= 0.6 is 39.1 Å². The first-order chi connectivity index (χ1) is 18.7. The van der Waals surface area contributed by atoms with Gasteiger partial charge in [-0.1, -0.05) is 29.3 Å². The number of alkyl halides is 3. The van der Waals surface area contributed by atoms with Gasteiger partial charge in [-0.15, -0.1) is 0 Å². The molecule has 4 rings (SSSR count). The number of rotatable bonds is 5. The van der Waals surface area contributed by atoms with Crippen molar-refractivity contribution in [1.82, 2.24) is 10.3 Å². The zero-order chi connectivity index (χ0) is 29.8. The number of benzene rings is 3. The van der Waals surface area contributed by atoms with Crippen molar-refractivity contribution < 1.29 is 42.1 Å². The fourth-order valence-electron chi connectivity index (χ4n) is 3.18. The molecule has 0 aliphatic heterocycles. The lowest BCUT2D eigenvalue weighted by atomic mass is 10.2. The van der Waals surface area contributed by atoms with E-state index in [0.717, 1.165) is 0 Å². The Hall–Kier alpha value is -3.99. The topological polar surface area (TPSA) is 135 Å². The molecule has 8 nitrogen and oxygen atoms in total. The number of nitriles is 1. The predicted octanol–water partition coefficient (Wildman–Crippen LogP) is 7.31. The van der Waals surface area contributed by atoms with Crippen molar-refractivity contribution in [2.45, 2.75) is 12.7 Å². The fraction of sp³-hybridized carbons (Fsp3) is 0.0800. The molecular weight excluding hydrogens is 649 g/mol. The van der Waals surface area contributed by atoms with Gasteiger partial charge in [0.15, 0.2) is 11.6 Å². The first-order valence-electron chi connectivity index (χ1n) is 10.6. The number of hydrogen-bond donors (Lipinski definition) is 4. The van der Waals surface area contributed by atoms with E-state index in [1.54, 1.807) is 6.07 Å². The number of nitrogens with zero attached hydrogens (tertiary/aromatic N) is 1. The number of hydrogen-bond acceptors (Lipinski definition) is 5. The smallest absolute Gasteiger partial charge is 0.490 e. The number of aromatic hydroxyl groups is 1. The molecule has 4 aromatic rings. The summed E-state index contributed by atoms with van der Waals surface area (Å²) in [6, 6.07) is 13.8. The minimum atomic E-state index is -5.08. The molecule has 0 aliphatic rings. The molecule has 0 fully saturated rings. The zero-order valence-electron chi connectivity index (χ0n) is 19.5. The summed E-state index contributed by atoms with van der Waals surface area (Å²) in [6.07, 6.45) is -5.08. The van der Waals surface area contributed by atoms with Crippen molar-refractivity contribution in [2.24, 2.45) is 0 Å². The molecular formula is C25H14BrCl2F4N3O5. The van der Waals surface area contributed by atoms with Crippen LogP contribution in [0, 0.1) is 17.1 Å². The highest BCUT2D eigenvalue weighted by Crippen LogP contribution is 2.35. The number of amides is 1. The van der Waals surface area contributed by atoms with E-state index >= 15 is 4.39 Å². The standard InChI is InChI=1S/C23H13BrCl2FN3O3.C2HF3O2/c24-19-16-3-2-14(31)8-18(16)30-21(19)23(32)29-10-12-1-4-17(26)22(20(12)27)33-15-6-11(9-28)5-13(25)7-15;3-2(4,5)1(6)7/h1-8,30-31H,10H2,(H,29,32);(H,6,7). The van der Waals surface area contributed by atoms with Gasteiger partial charge in [0.1, 0.15) is 17.2 Å². The molecule has 0 radical (unpaired) electrons. The monoisotopic (exact) mass is 661 g/mol. The third kappa shape index (κ3) is 7.35. The number of carboxylic acids is 1. The highest BCUT2D eigenvalue weighted by atomic mass is 79.9. The van der Waals surface area contributed by atoms with Crippen molar-refractivity contribution in [3.05, 3.63) is 85.7 Å². The van der Waals surface area contributed by atoms with Gasteiger partial charge >= 0.3 is 12.1 Å². The Bertz CT molecular complexity index is 1650. The van der Waals surface area contributed by atoms with E-state index in [9.17, 15) is 23.1 Å². The Morgan fingerprint density at radius 3 is 2.42 bits per heavy atom. The summed E-state index contributed by atoms with van der Waals surface area (Å²) in [6.45, 7) is -0.149. The Morgan fingerprint density at radius 2 is 1.80 bits per heavy atom. The molecule has 1 aromatic heterocycles. The van der Waals surface area contributed by atoms with Gasteiger partial charge in [0.2, 0.25) is 0 Å². The van der Waals surface area contributed by atoms with Gasteiger partial charge in [-0.2, -0.15) is 18.4 Å². The fourth-order valence-corrected chi connectivity index (χ4v) is 4.21. The molecule has 0 unspecified atom stereocenters. The lowest BCUT2D eigenvalue weighted by Gasteiger charge is -2.13. The van der Waals surface area contributed by atoms with E-state index in [0.29, 0.717) is 15.4 Å². The number of phenolic OH excluding ortho intramolecular Hbond substituents is 1. The van der Waals surface area contributed by atoms with Crippen LogP contribution in [0.5, 0.6) is 17.2 Å². The number of aromatic nitrogens is 1. The summed E-state index contributed by atoms with van der Waals surface area (Å²) < 4.78 is 53.0. The third-order valence-electron chi connectivity index (χ3n) is 4.98. The Morgan fingerprint density at radius 1 is 1.12 bits per heavy atom. The molecule has 1 heterocycles. The quantitative estimate of drug-likeness (QED) is 0.166. The highest BCUT2D eigenvalue weighted by Gasteiger charge is 2.38. The molecule has 0 atom stereocenters. The Balaban J connectivity index is 0.000000559. The molecule has 0 saturated heterocycles. The minimum Gasteiger partial charge on any atom is -0.508 e. The van der Waals surface area contributed by atoms with Crippen LogP contribution in [0.2, 0.25) is 10.0 Å². The van der Waals surface area contributed by atoms with Gasteiger partial charge in [-0.3, -0.25) is 4.79 Å². The summed E-state index contributed by atoms with van der Waals surface area (Å²) in [5.74, 6) is -4.05. The number of nitrogens with one attached hydrogen (secondary N) is 2. The average molecular weight is 663 g/mol. The number of phenols is 1. The Kier molecular flexibility index (Phi) is 9.52. The van der Waals surface area contributed by atoms with Crippen molar-refractivity contribution in [3.63, 3.8) is 0 Å². The number of ether oxygens (including phenoxy) is 1. The second-order valence-electron chi connectivity index (χ2n) is 7.77. The summed E-state index contributed by atoms with van der Waals surface area (Å²) in [7, 11) is 0. The van der Waals surface area contributed by atoms with Crippen LogP contribution in [-0.4, -0.2) is 33.2 Å². The highest BCUT2D eigenvalue weighted by molar-refractivity contribution is 9.10. The Labute approximate surface area is 240 Å². The molecule has 15 heteroatoms. The third-order valence-corrected chi connectivity index (χ3v) is 6.32.